The van der Waals surface area contributed by atoms with Crippen LogP contribution in [0.2, 0.25) is 0 Å². The standard InChI is InChI=1S/C10H22N2O4S/c1-9(2)11-17(14,15)12(3)8-10(13)4-6-16-7-5-10/h9,11,13H,4-8H2,1-3H3. The van der Waals surface area contributed by atoms with Gasteiger partial charge in [0.05, 0.1) is 5.60 Å². The lowest BCUT2D eigenvalue weighted by atomic mass is 9.95. The normalized spacial score (nSPS) is 21.1. The molecular formula is C10H22N2O4S. The Bertz CT molecular complexity index is 336. The minimum absolute atomic E-state index is 0.0956. The third kappa shape index (κ3) is 4.51. The third-order valence-electron chi connectivity index (χ3n) is 2.74. The summed E-state index contributed by atoms with van der Waals surface area (Å²) in [4.78, 5) is 0. The van der Waals surface area contributed by atoms with Crippen LogP contribution in [0.15, 0.2) is 0 Å². The van der Waals surface area contributed by atoms with Crippen molar-refractivity contribution in [3.63, 3.8) is 0 Å². The van der Waals surface area contributed by atoms with E-state index >= 15 is 0 Å². The van der Waals surface area contributed by atoms with Crippen molar-refractivity contribution < 1.29 is 18.3 Å². The second-order valence-electron chi connectivity index (χ2n) is 4.87. The zero-order valence-corrected chi connectivity index (χ0v) is 11.5. The first kappa shape index (κ1) is 14.8. The fourth-order valence-corrected chi connectivity index (χ4v) is 2.98. The molecule has 0 saturated carbocycles. The summed E-state index contributed by atoms with van der Waals surface area (Å²) in [6, 6.07) is -0.160. The van der Waals surface area contributed by atoms with E-state index in [9.17, 15) is 13.5 Å². The molecule has 0 aliphatic carbocycles. The maximum atomic E-state index is 11.8. The summed E-state index contributed by atoms with van der Waals surface area (Å²) in [5.41, 5.74) is -0.973. The number of nitrogens with one attached hydrogen (secondary N) is 1. The van der Waals surface area contributed by atoms with Gasteiger partial charge in [0.15, 0.2) is 0 Å². The van der Waals surface area contributed by atoms with Crippen LogP contribution >= 0.6 is 0 Å². The summed E-state index contributed by atoms with van der Waals surface area (Å²) in [7, 11) is -2.04. The van der Waals surface area contributed by atoms with E-state index in [4.69, 9.17) is 4.74 Å². The van der Waals surface area contributed by atoms with Crippen LogP contribution in [0.3, 0.4) is 0 Å². The van der Waals surface area contributed by atoms with Crippen molar-refractivity contribution in [2.24, 2.45) is 0 Å². The van der Waals surface area contributed by atoms with Crippen molar-refractivity contribution >= 4 is 10.2 Å². The predicted octanol–water partition coefficient (Wildman–Crippen LogP) is -0.297. The molecule has 0 radical (unpaired) electrons. The Morgan fingerprint density at radius 2 is 1.94 bits per heavy atom. The van der Waals surface area contributed by atoms with E-state index in [0.717, 1.165) is 0 Å². The molecule has 1 rings (SSSR count). The van der Waals surface area contributed by atoms with Crippen LogP contribution in [0.25, 0.3) is 0 Å². The Hall–Kier alpha value is -0.210. The highest BCUT2D eigenvalue weighted by Gasteiger charge is 2.34. The number of ether oxygens (including phenoxy) is 1. The van der Waals surface area contributed by atoms with Crippen molar-refractivity contribution in [3.8, 4) is 0 Å². The van der Waals surface area contributed by atoms with Gasteiger partial charge in [0, 0.05) is 45.7 Å². The minimum atomic E-state index is -3.51. The zero-order chi connectivity index (χ0) is 13.1. The lowest BCUT2D eigenvalue weighted by Crippen LogP contribution is -2.50. The summed E-state index contributed by atoms with van der Waals surface area (Å²) >= 11 is 0. The van der Waals surface area contributed by atoms with Crippen molar-refractivity contribution in [2.45, 2.75) is 38.3 Å². The lowest BCUT2D eigenvalue weighted by molar-refractivity contribution is -0.0690. The molecule has 6 nitrogen and oxygen atoms in total. The van der Waals surface area contributed by atoms with Crippen LogP contribution in [0.4, 0.5) is 0 Å². The van der Waals surface area contributed by atoms with Gasteiger partial charge in [0.25, 0.3) is 10.2 Å². The van der Waals surface area contributed by atoms with Gasteiger partial charge < -0.3 is 9.84 Å². The molecule has 0 amide bonds. The van der Waals surface area contributed by atoms with E-state index in [-0.39, 0.29) is 12.6 Å². The number of rotatable bonds is 5. The SMILES string of the molecule is CC(C)NS(=O)(=O)N(C)CC1(O)CCOCC1. The molecule has 7 heteroatoms. The topological polar surface area (TPSA) is 78.9 Å². The van der Waals surface area contributed by atoms with Gasteiger partial charge in [-0.05, 0) is 13.8 Å². The Balaban J connectivity index is 2.61. The van der Waals surface area contributed by atoms with Crippen molar-refractivity contribution in [3.05, 3.63) is 0 Å². The Morgan fingerprint density at radius 1 is 1.41 bits per heavy atom. The Labute approximate surface area is 103 Å². The van der Waals surface area contributed by atoms with E-state index in [2.05, 4.69) is 4.72 Å². The molecule has 2 N–H and O–H groups in total. The molecule has 1 fully saturated rings. The molecule has 0 bridgehead atoms. The van der Waals surface area contributed by atoms with Crippen molar-refractivity contribution in [1.29, 1.82) is 0 Å². The third-order valence-corrected chi connectivity index (χ3v) is 4.45. The molecule has 1 saturated heterocycles. The number of hydrogen-bond donors (Lipinski definition) is 2. The number of hydrogen-bond acceptors (Lipinski definition) is 4. The van der Waals surface area contributed by atoms with Gasteiger partial charge in [-0.1, -0.05) is 0 Å². The average molecular weight is 266 g/mol. The molecule has 0 atom stereocenters. The van der Waals surface area contributed by atoms with Crippen LogP contribution in [0.5, 0.6) is 0 Å². The van der Waals surface area contributed by atoms with E-state index in [1.807, 2.05) is 0 Å². The first-order valence-electron chi connectivity index (χ1n) is 5.79. The number of nitrogens with zero attached hydrogens (tertiary/aromatic N) is 1. The molecule has 102 valence electrons. The maximum absolute atomic E-state index is 11.8. The minimum Gasteiger partial charge on any atom is -0.388 e. The summed E-state index contributed by atoms with van der Waals surface area (Å²) in [5.74, 6) is 0. The summed E-state index contributed by atoms with van der Waals surface area (Å²) < 4.78 is 32.5. The highest BCUT2D eigenvalue weighted by Crippen LogP contribution is 2.21. The molecule has 0 aromatic carbocycles. The number of likely N-dealkylation sites (N-methyl/N-ethyl adjacent to an activating group) is 1. The molecule has 0 unspecified atom stereocenters. The molecule has 17 heavy (non-hydrogen) atoms. The zero-order valence-electron chi connectivity index (χ0n) is 10.6. The first-order chi connectivity index (χ1) is 7.75. The van der Waals surface area contributed by atoms with Gasteiger partial charge in [-0.3, -0.25) is 0 Å². The quantitative estimate of drug-likeness (QED) is 0.716. The largest absolute Gasteiger partial charge is 0.388 e. The van der Waals surface area contributed by atoms with E-state index in [1.165, 1.54) is 11.4 Å². The summed E-state index contributed by atoms with van der Waals surface area (Å²) in [6.45, 7) is 4.56. The molecule has 1 aliphatic heterocycles. The fraction of sp³-hybridized carbons (Fsp3) is 1.00. The van der Waals surface area contributed by atoms with Crippen LogP contribution in [0.1, 0.15) is 26.7 Å². The summed E-state index contributed by atoms with van der Waals surface area (Å²) in [5, 5.41) is 10.2. The monoisotopic (exact) mass is 266 g/mol. The fourth-order valence-electron chi connectivity index (χ4n) is 1.80. The molecular weight excluding hydrogens is 244 g/mol. The Morgan fingerprint density at radius 3 is 2.41 bits per heavy atom. The second kappa shape index (κ2) is 5.62. The van der Waals surface area contributed by atoms with Crippen LogP contribution < -0.4 is 4.72 Å². The highest BCUT2D eigenvalue weighted by atomic mass is 32.2. The van der Waals surface area contributed by atoms with Crippen LogP contribution in [-0.4, -0.2) is 56.3 Å². The van der Waals surface area contributed by atoms with Gasteiger partial charge >= 0.3 is 0 Å². The molecule has 1 heterocycles. The van der Waals surface area contributed by atoms with Crippen molar-refractivity contribution in [2.75, 3.05) is 26.8 Å². The van der Waals surface area contributed by atoms with Crippen molar-refractivity contribution in [1.82, 2.24) is 9.03 Å². The average Bonchev–Trinajstić information content (AvgIpc) is 2.15. The lowest BCUT2D eigenvalue weighted by Gasteiger charge is -2.35. The molecule has 0 aromatic rings. The van der Waals surface area contributed by atoms with Crippen LogP contribution in [-0.2, 0) is 14.9 Å². The molecule has 0 spiro atoms. The molecule has 1 aliphatic rings. The van der Waals surface area contributed by atoms with Crippen LogP contribution in [0, 0.1) is 0 Å². The van der Waals surface area contributed by atoms with Gasteiger partial charge in [-0.15, -0.1) is 0 Å². The first-order valence-corrected chi connectivity index (χ1v) is 7.23. The van der Waals surface area contributed by atoms with Gasteiger partial charge in [-0.2, -0.15) is 17.4 Å². The molecule has 0 aromatic heterocycles. The summed E-state index contributed by atoms with van der Waals surface area (Å²) in [6.07, 6.45) is 0.934. The van der Waals surface area contributed by atoms with E-state index < -0.39 is 15.8 Å². The smallest absolute Gasteiger partial charge is 0.279 e. The van der Waals surface area contributed by atoms with Gasteiger partial charge in [0.1, 0.15) is 0 Å². The number of aliphatic hydroxyl groups is 1. The van der Waals surface area contributed by atoms with Gasteiger partial charge in [0.2, 0.25) is 0 Å². The van der Waals surface area contributed by atoms with E-state index in [1.54, 1.807) is 13.8 Å². The van der Waals surface area contributed by atoms with E-state index in [0.29, 0.717) is 26.1 Å². The predicted molar refractivity (Wildman–Crippen MR) is 64.8 cm³/mol. The van der Waals surface area contributed by atoms with Gasteiger partial charge in [-0.25, -0.2) is 0 Å². The Kier molecular flexibility index (Phi) is 4.91. The maximum Gasteiger partial charge on any atom is 0.279 e. The highest BCUT2D eigenvalue weighted by molar-refractivity contribution is 7.87. The second-order valence-corrected chi connectivity index (χ2v) is 6.68.